The van der Waals surface area contributed by atoms with Gasteiger partial charge in [-0.3, -0.25) is 14.4 Å². The topological polar surface area (TPSA) is 91.7 Å². The number of nitrogens with one attached hydrogen (secondary N) is 2. The van der Waals surface area contributed by atoms with Crippen LogP contribution in [0.2, 0.25) is 0 Å². The van der Waals surface area contributed by atoms with E-state index in [-0.39, 0.29) is 24.8 Å². The molecule has 3 amide bonds. The SMILES string of the molecule is CN(C)C(=O)CNC(=O)CNC(=O)c1ccc(Br)o1. The molecule has 0 aliphatic rings. The Morgan fingerprint density at radius 2 is 1.89 bits per heavy atom. The van der Waals surface area contributed by atoms with Crippen LogP contribution >= 0.6 is 15.9 Å². The summed E-state index contributed by atoms with van der Waals surface area (Å²) in [5, 5.41) is 4.77. The smallest absolute Gasteiger partial charge is 0.287 e. The van der Waals surface area contributed by atoms with Gasteiger partial charge in [-0.05, 0) is 28.1 Å². The maximum absolute atomic E-state index is 11.5. The molecule has 1 rings (SSSR count). The lowest BCUT2D eigenvalue weighted by Crippen LogP contribution is -2.41. The van der Waals surface area contributed by atoms with Crippen LogP contribution in [0.4, 0.5) is 0 Å². The highest BCUT2D eigenvalue weighted by Crippen LogP contribution is 2.13. The lowest BCUT2D eigenvalue weighted by molar-refractivity contribution is -0.130. The van der Waals surface area contributed by atoms with Crippen LogP contribution in [0.5, 0.6) is 0 Å². The number of rotatable bonds is 5. The average Bonchev–Trinajstić information content (AvgIpc) is 2.79. The summed E-state index contributed by atoms with van der Waals surface area (Å²) < 4.78 is 5.45. The van der Waals surface area contributed by atoms with Crippen LogP contribution in [0.15, 0.2) is 21.2 Å². The zero-order chi connectivity index (χ0) is 14.4. The highest BCUT2D eigenvalue weighted by molar-refractivity contribution is 9.10. The van der Waals surface area contributed by atoms with E-state index in [1.54, 1.807) is 20.2 Å². The Morgan fingerprint density at radius 3 is 2.42 bits per heavy atom. The van der Waals surface area contributed by atoms with E-state index in [0.717, 1.165) is 0 Å². The van der Waals surface area contributed by atoms with Gasteiger partial charge in [0.25, 0.3) is 5.91 Å². The fourth-order valence-electron chi connectivity index (χ4n) is 1.08. The molecule has 0 aliphatic carbocycles. The standard InChI is InChI=1S/C11H14BrN3O4/c1-15(2)10(17)6-13-9(16)5-14-11(18)7-3-4-8(12)19-7/h3-4H,5-6H2,1-2H3,(H,13,16)(H,14,18). The first-order chi connectivity index (χ1) is 8.90. The molecular weight excluding hydrogens is 318 g/mol. The second kappa shape index (κ2) is 6.93. The molecular formula is C11H14BrN3O4. The van der Waals surface area contributed by atoms with Crippen molar-refractivity contribution in [1.29, 1.82) is 0 Å². The fraction of sp³-hybridized carbons (Fsp3) is 0.364. The van der Waals surface area contributed by atoms with E-state index in [0.29, 0.717) is 4.67 Å². The number of amides is 3. The first-order valence-electron chi connectivity index (χ1n) is 5.40. The fourth-order valence-corrected chi connectivity index (χ4v) is 1.39. The lowest BCUT2D eigenvalue weighted by Gasteiger charge is -2.10. The third-order valence-corrected chi connectivity index (χ3v) is 2.57. The van der Waals surface area contributed by atoms with Gasteiger partial charge in [-0.15, -0.1) is 0 Å². The molecule has 0 bridgehead atoms. The molecule has 1 aromatic heterocycles. The minimum absolute atomic E-state index is 0.101. The van der Waals surface area contributed by atoms with Crippen molar-refractivity contribution in [2.45, 2.75) is 0 Å². The molecule has 0 spiro atoms. The van der Waals surface area contributed by atoms with Gasteiger partial charge in [0, 0.05) is 14.1 Å². The van der Waals surface area contributed by atoms with Crippen LogP contribution in [-0.4, -0.2) is 49.8 Å². The summed E-state index contributed by atoms with van der Waals surface area (Å²) in [5.74, 6) is -1.08. The highest BCUT2D eigenvalue weighted by atomic mass is 79.9. The molecule has 2 N–H and O–H groups in total. The third-order valence-electron chi connectivity index (χ3n) is 2.14. The molecule has 19 heavy (non-hydrogen) atoms. The van der Waals surface area contributed by atoms with Crippen molar-refractivity contribution in [3.05, 3.63) is 22.6 Å². The number of likely N-dealkylation sites (N-methyl/N-ethyl adjacent to an activating group) is 1. The van der Waals surface area contributed by atoms with Crippen molar-refractivity contribution in [2.75, 3.05) is 27.2 Å². The lowest BCUT2D eigenvalue weighted by atomic mass is 10.4. The minimum Gasteiger partial charge on any atom is -0.444 e. The van der Waals surface area contributed by atoms with Gasteiger partial charge in [0.05, 0.1) is 13.1 Å². The number of carbonyl (C=O) groups is 3. The van der Waals surface area contributed by atoms with E-state index in [9.17, 15) is 14.4 Å². The summed E-state index contributed by atoms with van der Waals surface area (Å²) in [4.78, 5) is 35.5. The number of furan rings is 1. The Morgan fingerprint density at radius 1 is 1.21 bits per heavy atom. The molecule has 0 radical (unpaired) electrons. The molecule has 0 unspecified atom stereocenters. The van der Waals surface area contributed by atoms with E-state index < -0.39 is 11.8 Å². The average molecular weight is 332 g/mol. The zero-order valence-corrected chi connectivity index (χ0v) is 12.1. The van der Waals surface area contributed by atoms with Gasteiger partial charge in [-0.1, -0.05) is 0 Å². The predicted octanol–water partition coefficient (Wildman–Crippen LogP) is -0.0237. The molecule has 0 saturated carbocycles. The van der Waals surface area contributed by atoms with Crippen molar-refractivity contribution in [3.8, 4) is 0 Å². The van der Waals surface area contributed by atoms with Gasteiger partial charge < -0.3 is 20.0 Å². The van der Waals surface area contributed by atoms with Crippen molar-refractivity contribution >= 4 is 33.7 Å². The Bertz CT molecular complexity index is 484. The van der Waals surface area contributed by atoms with Crippen LogP contribution < -0.4 is 10.6 Å². The summed E-state index contributed by atoms with van der Waals surface area (Å²) >= 11 is 3.07. The highest BCUT2D eigenvalue weighted by Gasteiger charge is 2.12. The summed E-state index contributed by atoms with van der Waals surface area (Å²) in [6, 6.07) is 3.05. The molecule has 7 nitrogen and oxygen atoms in total. The molecule has 0 saturated heterocycles. The van der Waals surface area contributed by atoms with E-state index in [1.807, 2.05) is 0 Å². The Labute approximate surface area is 118 Å². The van der Waals surface area contributed by atoms with Crippen molar-refractivity contribution in [1.82, 2.24) is 15.5 Å². The quantitative estimate of drug-likeness (QED) is 0.793. The van der Waals surface area contributed by atoms with Crippen molar-refractivity contribution < 1.29 is 18.8 Å². The molecule has 8 heteroatoms. The number of carbonyl (C=O) groups excluding carboxylic acids is 3. The van der Waals surface area contributed by atoms with Gasteiger partial charge in [0.2, 0.25) is 11.8 Å². The molecule has 0 aliphatic heterocycles. The summed E-state index contributed by atoms with van der Waals surface area (Å²) in [6.07, 6.45) is 0. The molecule has 104 valence electrons. The number of nitrogens with zero attached hydrogens (tertiary/aromatic N) is 1. The Kier molecular flexibility index (Phi) is 5.56. The number of hydrogen-bond donors (Lipinski definition) is 2. The third kappa shape index (κ3) is 5.12. The monoisotopic (exact) mass is 331 g/mol. The van der Waals surface area contributed by atoms with E-state index in [4.69, 9.17) is 4.42 Å². The van der Waals surface area contributed by atoms with Gasteiger partial charge in [0.1, 0.15) is 0 Å². The number of hydrogen-bond acceptors (Lipinski definition) is 4. The van der Waals surface area contributed by atoms with E-state index >= 15 is 0 Å². The molecule has 0 atom stereocenters. The zero-order valence-electron chi connectivity index (χ0n) is 10.5. The van der Waals surface area contributed by atoms with E-state index in [2.05, 4.69) is 26.6 Å². The molecule has 0 fully saturated rings. The first kappa shape index (κ1) is 15.2. The Hall–Kier alpha value is -1.83. The largest absolute Gasteiger partial charge is 0.444 e. The van der Waals surface area contributed by atoms with Gasteiger partial charge >= 0.3 is 0 Å². The van der Waals surface area contributed by atoms with Gasteiger partial charge in [0.15, 0.2) is 10.4 Å². The van der Waals surface area contributed by atoms with Crippen LogP contribution in [0.3, 0.4) is 0 Å². The van der Waals surface area contributed by atoms with E-state index in [1.165, 1.54) is 11.0 Å². The summed E-state index contributed by atoms with van der Waals surface area (Å²) in [7, 11) is 3.18. The van der Waals surface area contributed by atoms with Crippen LogP contribution in [0.25, 0.3) is 0 Å². The van der Waals surface area contributed by atoms with Crippen LogP contribution in [0, 0.1) is 0 Å². The van der Waals surface area contributed by atoms with Crippen LogP contribution in [-0.2, 0) is 9.59 Å². The molecule has 1 heterocycles. The predicted molar refractivity (Wildman–Crippen MR) is 70.4 cm³/mol. The molecule has 1 aromatic rings. The maximum Gasteiger partial charge on any atom is 0.287 e. The normalized spacial score (nSPS) is 9.84. The molecule has 0 aromatic carbocycles. The van der Waals surface area contributed by atoms with Gasteiger partial charge in [-0.25, -0.2) is 0 Å². The van der Waals surface area contributed by atoms with Crippen LogP contribution in [0.1, 0.15) is 10.6 Å². The summed E-state index contributed by atoms with van der Waals surface area (Å²) in [5.41, 5.74) is 0. The Balaban J connectivity index is 2.30. The number of halogens is 1. The second-order valence-electron chi connectivity index (χ2n) is 3.85. The minimum atomic E-state index is -0.500. The van der Waals surface area contributed by atoms with Gasteiger partial charge in [-0.2, -0.15) is 0 Å². The maximum atomic E-state index is 11.5. The first-order valence-corrected chi connectivity index (χ1v) is 6.20. The summed E-state index contributed by atoms with van der Waals surface area (Å²) in [6.45, 7) is -0.328. The van der Waals surface area contributed by atoms with Crippen molar-refractivity contribution in [2.24, 2.45) is 0 Å². The second-order valence-corrected chi connectivity index (χ2v) is 4.63. The van der Waals surface area contributed by atoms with Crippen molar-refractivity contribution in [3.63, 3.8) is 0 Å².